The second-order valence-corrected chi connectivity index (χ2v) is 5.41. The van der Waals surface area contributed by atoms with Gasteiger partial charge in [0.05, 0.1) is 16.9 Å². The molecule has 0 aliphatic rings. The number of aromatic nitrogens is 2. The Morgan fingerprint density at radius 2 is 2.50 bits per heavy atom. The molecule has 0 radical (unpaired) electrons. The number of H-pyrrole nitrogens is 1. The van der Waals surface area contributed by atoms with Crippen LogP contribution in [0.25, 0.3) is 0 Å². The van der Waals surface area contributed by atoms with E-state index in [9.17, 15) is 10.1 Å². The van der Waals surface area contributed by atoms with Crippen molar-refractivity contribution in [3.63, 3.8) is 0 Å². The average Bonchev–Trinajstić information content (AvgIpc) is 2.84. The maximum absolute atomic E-state index is 10.3. The van der Waals surface area contributed by atoms with E-state index in [0.29, 0.717) is 5.03 Å². The van der Waals surface area contributed by atoms with Crippen molar-refractivity contribution in [2.24, 2.45) is 0 Å². The number of thioether (sulfide) groups is 2. The van der Waals surface area contributed by atoms with E-state index in [1.807, 2.05) is 12.5 Å². The van der Waals surface area contributed by atoms with Gasteiger partial charge in [-0.2, -0.15) is 11.8 Å². The highest BCUT2D eigenvalue weighted by Crippen LogP contribution is 2.08. The van der Waals surface area contributed by atoms with Crippen LogP contribution in [0.2, 0.25) is 0 Å². The zero-order valence-electron chi connectivity index (χ0n) is 10.1. The molecule has 8 heteroatoms. The highest BCUT2D eigenvalue weighted by atomic mass is 32.2. The van der Waals surface area contributed by atoms with E-state index in [1.54, 1.807) is 18.1 Å². The molecule has 0 aromatic carbocycles. The normalized spacial score (nSPS) is 11.5. The summed E-state index contributed by atoms with van der Waals surface area (Å²) in [6.45, 7) is 0.728. The molecule has 100 valence electrons. The van der Waals surface area contributed by atoms with Crippen LogP contribution in [-0.4, -0.2) is 39.2 Å². The van der Waals surface area contributed by atoms with E-state index < -0.39 is 4.92 Å². The minimum absolute atomic E-state index is 0.441. The molecule has 18 heavy (non-hydrogen) atoms. The van der Waals surface area contributed by atoms with Gasteiger partial charge in [-0.15, -0.1) is 11.8 Å². The molecule has 0 spiro atoms. The third-order valence-corrected chi connectivity index (χ3v) is 3.72. The molecule has 0 aliphatic carbocycles. The number of nitro groups is 1. The summed E-state index contributed by atoms with van der Waals surface area (Å²) >= 11 is 3.15. The summed E-state index contributed by atoms with van der Waals surface area (Å²) in [7, 11) is 0. The topological polar surface area (TPSA) is 83.9 Å². The standard InChI is InChI=1S/C10H16N4O2S2/c1-17-10(7-14(15)16)12-3-5-18-4-2-9-6-11-8-13-9/h6-8,12H,2-5H2,1H3,(H,11,13). The van der Waals surface area contributed by atoms with Crippen molar-refractivity contribution in [1.29, 1.82) is 0 Å². The monoisotopic (exact) mass is 288 g/mol. The Labute approximate surface area is 114 Å². The SMILES string of the molecule is CSC(=C[N+](=O)[O-])NCCSCCc1c[nH]cn1. The molecule has 0 amide bonds. The number of imidazole rings is 1. The zero-order valence-corrected chi connectivity index (χ0v) is 11.7. The van der Waals surface area contributed by atoms with Crippen LogP contribution in [0.15, 0.2) is 23.8 Å². The van der Waals surface area contributed by atoms with Gasteiger partial charge in [-0.3, -0.25) is 10.1 Å². The third-order valence-electron chi connectivity index (χ3n) is 2.05. The predicted molar refractivity (Wildman–Crippen MR) is 76.2 cm³/mol. The van der Waals surface area contributed by atoms with Crippen molar-refractivity contribution in [2.75, 3.05) is 24.3 Å². The summed E-state index contributed by atoms with van der Waals surface area (Å²) in [5, 5.41) is 13.9. The van der Waals surface area contributed by atoms with Gasteiger partial charge < -0.3 is 10.3 Å². The fourth-order valence-corrected chi connectivity index (χ4v) is 2.46. The Morgan fingerprint density at radius 3 is 3.11 bits per heavy atom. The minimum Gasteiger partial charge on any atom is -0.374 e. The molecular weight excluding hydrogens is 272 g/mol. The first-order valence-corrected chi connectivity index (χ1v) is 7.79. The maximum atomic E-state index is 10.3. The number of aryl methyl sites for hydroxylation is 1. The quantitative estimate of drug-likeness (QED) is 0.409. The fourth-order valence-electron chi connectivity index (χ4n) is 1.22. The lowest BCUT2D eigenvalue weighted by Crippen LogP contribution is -2.15. The summed E-state index contributed by atoms with van der Waals surface area (Å²) in [4.78, 5) is 16.9. The lowest BCUT2D eigenvalue weighted by molar-refractivity contribution is -0.403. The van der Waals surface area contributed by atoms with Crippen LogP contribution < -0.4 is 5.32 Å². The molecule has 1 rings (SSSR count). The van der Waals surface area contributed by atoms with Gasteiger partial charge >= 0.3 is 0 Å². The molecule has 0 fully saturated rings. The first-order valence-electron chi connectivity index (χ1n) is 5.41. The number of nitrogens with zero attached hydrogens (tertiary/aromatic N) is 2. The number of hydrogen-bond donors (Lipinski definition) is 2. The van der Waals surface area contributed by atoms with E-state index in [0.717, 1.165) is 36.4 Å². The van der Waals surface area contributed by atoms with Gasteiger partial charge in [-0.25, -0.2) is 4.98 Å². The number of rotatable bonds is 9. The summed E-state index contributed by atoms with van der Waals surface area (Å²) < 4.78 is 0. The Hall–Kier alpha value is -1.15. The van der Waals surface area contributed by atoms with E-state index in [-0.39, 0.29) is 0 Å². The number of nitrogens with one attached hydrogen (secondary N) is 2. The second-order valence-electron chi connectivity index (χ2n) is 3.33. The van der Waals surface area contributed by atoms with Gasteiger partial charge in [0.25, 0.3) is 6.20 Å². The van der Waals surface area contributed by atoms with Gasteiger partial charge in [0.1, 0.15) is 5.03 Å². The van der Waals surface area contributed by atoms with Crippen LogP contribution in [0, 0.1) is 10.1 Å². The van der Waals surface area contributed by atoms with E-state index in [2.05, 4.69) is 15.3 Å². The molecule has 1 aromatic heterocycles. The molecule has 0 saturated heterocycles. The fraction of sp³-hybridized carbons (Fsp3) is 0.500. The van der Waals surface area contributed by atoms with E-state index >= 15 is 0 Å². The Bertz CT molecular complexity index is 381. The average molecular weight is 288 g/mol. The van der Waals surface area contributed by atoms with Crippen molar-refractivity contribution < 1.29 is 4.92 Å². The summed E-state index contributed by atoms with van der Waals surface area (Å²) in [5.74, 6) is 1.92. The molecule has 0 bridgehead atoms. The molecule has 1 aromatic rings. The second kappa shape index (κ2) is 8.87. The molecule has 2 N–H and O–H groups in total. The molecule has 6 nitrogen and oxygen atoms in total. The summed E-state index contributed by atoms with van der Waals surface area (Å²) in [5.41, 5.74) is 1.06. The Kier molecular flexibility index (Phi) is 7.35. The predicted octanol–water partition coefficient (Wildman–Crippen LogP) is 1.71. The molecule has 1 heterocycles. The van der Waals surface area contributed by atoms with Crippen molar-refractivity contribution in [3.8, 4) is 0 Å². The summed E-state index contributed by atoms with van der Waals surface area (Å²) in [6, 6.07) is 0. The van der Waals surface area contributed by atoms with Crippen LogP contribution in [0.3, 0.4) is 0 Å². The van der Waals surface area contributed by atoms with Crippen LogP contribution in [0.1, 0.15) is 5.69 Å². The smallest absolute Gasteiger partial charge is 0.263 e. The van der Waals surface area contributed by atoms with Crippen LogP contribution in [0.5, 0.6) is 0 Å². The minimum atomic E-state index is -0.441. The number of aromatic amines is 1. The highest BCUT2D eigenvalue weighted by molar-refractivity contribution is 8.02. The maximum Gasteiger partial charge on any atom is 0.263 e. The molecule has 0 atom stereocenters. The first-order chi connectivity index (χ1) is 8.72. The molecule has 0 saturated carbocycles. The van der Waals surface area contributed by atoms with Gasteiger partial charge in [-0.05, 0) is 12.0 Å². The van der Waals surface area contributed by atoms with E-state index in [4.69, 9.17) is 0 Å². The van der Waals surface area contributed by atoms with Crippen LogP contribution in [0.4, 0.5) is 0 Å². The van der Waals surface area contributed by atoms with Gasteiger partial charge in [-0.1, -0.05) is 0 Å². The van der Waals surface area contributed by atoms with Gasteiger partial charge in [0, 0.05) is 24.9 Å². The van der Waals surface area contributed by atoms with Crippen molar-refractivity contribution in [3.05, 3.63) is 39.6 Å². The zero-order chi connectivity index (χ0) is 13.2. The lowest BCUT2D eigenvalue weighted by atomic mass is 10.4. The van der Waals surface area contributed by atoms with Crippen LogP contribution >= 0.6 is 23.5 Å². The van der Waals surface area contributed by atoms with Gasteiger partial charge in [0.2, 0.25) is 0 Å². The third kappa shape index (κ3) is 6.55. The lowest BCUT2D eigenvalue weighted by Gasteiger charge is -2.05. The Balaban J connectivity index is 2.06. The molecule has 0 unspecified atom stereocenters. The Morgan fingerprint density at radius 1 is 1.67 bits per heavy atom. The summed E-state index contributed by atoms with van der Waals surface area (Å²) in [6.07, 6.45) is 7.32. The first kappa shape index (κ1) is 14.9. The van der Waals surface area contributed by atoms with Crippen molar-refractivity contribution in [1.82, 2.24) is 15.3 Å². The van der Waals surface area contributed by atoms with E-state index in [1.165, 1.54) is 11.8 Å². The molecular formula is C10H16N4O2S2. The number of hydrogen-bond acceptors (Lipinski definition) is 6. The van der Waals surface area contributed by atoms with Gasteiger partial charge in [0.15, 0.2) is 0 Å². The largest absolute Gasteiger partial charge is 0.374 e. The molecule has 0 aliphatic heterocycles. The van der Waals surface area contributed by atoms with Crippen molar-refractivity contribution in [2.45, 2.75) is 6.42 Å². The van der Waals surface area contributed by atoms with Crippen molar-refractivity contribution >= 4 is 23.5 Å². The highest BCUT2D eigenvalue weighted by Gasteiger charge is 2.00. The van der Waals surface area contributed by atoms with Crippen LogP contribution in [-0.2, 0) is 6.42 Å².